The van der Waals surface area contributed by atoms with Crippen LogP contribution in [0.3, 0.4) is 0 Å². The van der Waals surface area contributed by atoms with Gasteiger partial charge in [-0.3, -0.25) is 9.59 Å². The van der Waals surface area contributed by atoms with Crippen LogP contribution in [-0.4, -0.2) is 18.9 Å². The Morgan fingerprint density at radius 3 is 2.29 bits per heavy atom. The zero-order valence-corrected chi connectivity index (χ0v) is 16.0. The van der Waals surface area contributed by atoms with E-state index in [1.807, 2.05) is 30.3 Å². The second kappa shape index (κ2) is 9.06. The minimum Gasteiger partial charge on any atom is -0.495 e. The highest BCUT2D eigenvalue weighted by molar-refractivity contribution is 6.31. The molecule has 0 radical (unpaired) electrons. The van der Waals surface area contributed by atoms with Gasteiger partial charge in [0.25, 0.3) is 5.91 Å². The average molecular weight is 395 g/mol. The van der Waals surface area contributed by atoms with Gasteiger partial charge in [-0.25, -0.2) is 0 Å². The summed E-state index contributed by atoms with van der Waals surface area (Å²) in [6, 6.07) is 21.1. The maximum absolute atomic E-state index is 12.4. The summed E-state index contributed by atoms with van der Waals surface area (Å²) in [5.41, 5.74) is 2.42. The number of anilines is 2. The van der Waals surface area contributed by atoms with E-state index in [4.69, 9.17) is 16.3 Å². The minimum absolute atomic E-state index is 0.176. The third kappa shape index (κ3) is 4.90. The fraction of sp³-hybridized carbons (Fsp3) is 0.0909. The summed E-state index contributed by atoms with van der Waals surface area (Å²) in [6.07, 6.45) is 0.176. The van der Waals surface area contributed by atoms with Crippen LogP contribution in [0.25, 0.3) is 0 Å². The summed E-state index contributed by atoms with van der Waals surface area (Å²) >= 11 is 6.08. The van der Waals surface area contributed by atoms with Crippen molar-refractivity contribution in [2.24, 2.45) is 0 Å². The molecule has 5 nitrogen and oxygen atoms in total. The molecular weight excluding hydrogens is 376 g/mol. The summed E-state index contributed by atoms with van der Waals surface area (Å²) in [5, 5.41) is 6.17. The van der Waals surface area contributed by atoms with Crippen molar-refractivity contribution in [2.45, 2.75) is 6.42 Å². The first-order valence-electron chi connectivity index (χ1n) is 8.64. The summed E-state index contributed by atoms with van der Waals surface area (Å²) in [4.78, 5) is 24.6. The van der Waals surface area contributed by atoms with Gasteiger partial charge in [-0.05, 0) is 48.0 Å². The smallest absolute Gasteiger partial charge is 0.255 e. The maximum atomic E-state index is 12.4. The number of para-hydroxylation sites is 2. The highest BCUT2D eigenvalue weighted by Crippen LogP contribution is 2.24. The first kappa shape index (κ1) is 19.5. The number of nitrogens with one attached hydrogen (secondary N) is 2. The van der Waals surface area contributed by atoms with Crippen molar-refractivity contribution in [1.29, 1.82) is 0 Å². The van der Waals surface area contributed by atoms with E-state index in [0.717, 1.165) is 5.56 Å². The first-order chi connectivity index (χ1) is 13.6. The molecule has 0 atom stereocenters. The van der Waals surface area contributed by atoms with E-state index < -0.39 is 0 Å². The number of methoxy groups -OCH3 is 1. The molecule has 0 unspecified atom stereocenters. The van der Waals surface area contributed by atoms with E-state index in [1.54, 1.807) is 49.6 Å². The zero-order valence-electron chi connectivity index (χ0n) is 15.2. The van der Waals surface area contributed by atoms with Crippen LogP contribution in [0, 0.1) is 0 Å². The lowest BCUT2D eigenvalue weighted by atomic mass is 10.1. The molecule has 3 rings (SSSR count). The molecule has 3 aromatic rings. The summed E-state index contributed by atoms with van der Waals surface area (Å²) in [6.45, 7) is 0. The van der Waals surface area contributed by atoms with Crippen molar-refractivity contribution in [3.63, 3.8) is 0 Å². The Morgan fingerprint density at radius 1 is 0.893 bits per heavy atom. The Hall–Kier alpha value is -3.31. The lowest BCUT2D eigenvalue weighted by Gasteiger charge is -2.10. The van der Waals surface area contributed by atoms with Gasteiger partial charge >= 0.3 is 0 Å². The average Bonchev–Trinajstić information content (AvgIpc) is 2.70. The zero-order chi connectivity index (χ0) is 19.9. The number of amides is 2. The van der Waals surface area contributed by atoms with Crippen molar-refractivity contribution in [2.75, 3.05) is 17.7 Å². The normalized spacial score (nSPS) is 10.2. The van der Waals surface area contributed by atoms with Gasteiger partial charge in [0.1, 0.15) is 5.75 Å². The standard InChI is InChI=1S/C22H19ClN2O3/c1-28-20-9-5-4-8-19(20)25-22(27)15-10-12-17(13-11-15)24-21(26)14-16-6-2-3-7-18(16)23/h2-13H,14H2,1H3,(H,24,26)(H,25,27). The molecule has 0 aliphatic carbocycles. The molecule has 142 valence electrons. The Balaban J connectivity index is 1.62. The second-order valence-electron chi connectivity index (χ2n) is 6.05. The Labute approximate surface area is 168 Å². The van der Waals surface area contributed by atoms with E-state index in [9.17, 15) is 9.59 Å². The monoisotopic (exact) mass is 394 g/mol. The molecule has 2 N–H and O–H groups in total. The van der Waals surface area contributed by atoms with Gasteiger partial charge < -0.3 is 15.4 Å². The molecule has 6 heteroatoms. The molecule has 0 saturated carbocycles. The molecular formula is C22H19ClN2O3. The molecule has 28 heavy (non-hydrogen) atoms. The van der Waals surface area contributed by atoms with Crippen LogP contribution in [0.5, 0.6) is 5.75 Å². The number of carbonyl (C=O) groups is 2. The van der Waals surface area contributed by atoms with Gasteiger partial charge in [-0.1, -0.05) is 41.9 Å². The van der Waals surface area contributed by atoms with Crippen LogP contribution in [0.2, 0.25) is 5.02 Å². The van der Waals surface area contributed by atoms with Crippen LogP contribution < -0.4 is 15.4 Å². The maximum Gasteiger partial charge on any atom is 0.255 e. The largest absolute Gasteiger partial charge is 0.495 e. The van der Waals surface area contributed by atoms with Crippen molar-refractivity contribution < 1.29 is 14.3 Å². The van der Waals surface area contributed by atoms with Gasteiger partial charge in [0, 0.05) is 16.3 Å². The molecule has 0 saturated heterocycles. The summed E-state index contributed by atoms with van der Waals surface area (Å²) in [7, 11) is 1.55. The third-order valence-electron chi connectivity index (χ3n) is 4.09. The van der Waals surface area contributed by atoms with Gasteiger partial charge in [-0.2, -0.15) is 0 Å². The molecule has 0 bridgehead atoms. The highest BCUT2D eigenvalue weighted by atomic mass is 35.5. The number of hydrogen-bond donors (Lipinski definition) is 2. The Kier molecular flexibility index (Phi) is 6.29. The van der Waals surface area contributed by atoms with Crippen LogP contribution in [-0.2, 0) is 11.2 Å². The number of hydrogen-bond acceptors (Lipinski definition) is 3. The van der Waals surface area contributed by atoms with Crippen molar-refractivity contribution in [3.05, 3.63) is 88.9 Å². The van der Waals surface area contributed by atoms with Crippen LogP contribution >= 0.6 is 11.6 Å². The molecule has 0 aliphatic rings. The van der Waals surface area contributed by atoms with Gasteiger partial charge in [0.15, 0.2) is 0 Å². The van der Waals surface area contributed by atoms with E-state index >= 15 is 0 Å². The minimum atomic E-state index is -0.265. The predicted octanol–water partition coefficient (Wildman–Crippen LogP) is 4.78. The van der Waals surface area contributed by atoms with Gasteiger partial charge in [-0.15, -0.1) is 0 Å². The van der Waals surface area contributed by atoms with Crippen LogP contribution in [0.15, 0.2) is 72.8 Å². The SMILES string of the molecule is COc1ccccc1NC(=O)c1ccc(NC(=O)Cc2ccccc2Cl)cc1. The Bertz CT molecular complexity index is 987. The van der Waals surface area contributed by atoms with Gasteiger partial charge in [0.2, 0.25) is 5.91 Å². The van der Waals surface area contributed by atoms with Crippen molar-refractivity contribution >= 4 is 34.8 Å². The predicted molar refractivity (Wildman–Crippen MR) is 111 cm³/mol. The molecule has 0 heterocycles. The van der Waals surface area contributed by atoms with E-state index in [0.29, 0.717) is 27.7 Å². The van der Waals surface area contributed by atoms with E-state index in [1.165, 1.54) is 0 Å². The number of carbonyl (C=O) groups excluding carboxylic acids is 2. The van der Waals surface area contributed by atoms with Crippen molar-refractivity contribution in [3.8, 4) is 5.75 Å². The van der Waals surface area contributed by atoms with E-state index in [2.05, 4.69) is 10.6 Å². The Morgan fingerprint density at radius 2 is 1.57 bits per heavy atom. The molecule has 0 fully saturated rings. The topological polar surface area (TPSA) is 67.4 Å². The second-order valence-corrected chi connectivity index (χ2v) is 6.46. The van der Waals surface area contributed by atoms with Gasteiger partial charge in [0.05, 0.1) is 19.2 Å². The summed E-state index contributed by atoms with van der Waals surface area (Å²) < 4.78 is 5.23. The number of benzene rings is 3. The first-order valence-corrected chi connectivity index (χ1v) is 9.02. The van der Waals surface area contributed by atoms with Crippen LogP contribution in [0.4, 0.5) is 11.4 Å². The number of ether oxygens (including phenoxy) is 1. The highest BCUT2D eigenvalue weighted by Gasteiger charge is 2.11. The fourth-order valence-corrected chi connectivity index (χ4v) is 2.87. The summed E-state index contributed by atoms with van der Waals surface area (Å²) in [5.74, 6) is 0.136. The molecule has 0 spiro atoms. The number of rotatable bonds is 6. The lowest BCUT2D eigenvalue weighted by molar-refractivity contribution is -0.115. The molecule has 2 amide bonds. The fourth-order valence-electron chi connectivity index (χ4n) is 2.67. The quantitative estimate of drug-likeness (QED) is 0.632. The third-order valence-corrected chi connectivity index (χ3v) is 4.46. The number of halogens is 1. The molecule has 0 aliphatic heterocycles. The van der Waals surface area contributed by atoms with E-state index in [-0.39, 0.29) is 18.2 Å². The van der Waals surface area contributed by atoms with Crippen LogP contribution in [0.1, 0.15) is 15.9 Å². The van der Waals surface area contributed by atoms with Crippen molar-refractivity contribution in [1.82, 2.24) is 0 Å². The lowest BCUT2D eigenvalue weighted by Crippen LogP contribution is -2.15. The molecule has 3 aromatic carbocycles. The molecule has 0 aromatic heterocycles.